The average molecular weight is 520 g/mol. The van der Waals surface area contributed by atoms with Gasteiger partial charge in [-0.3, -0.25) is 19.9 Å². The minimum absolute atomic E-state index is 0.0494. The predicted molar refractivity (Wildman–Crippen MR) is 136 cm³/mol. The summed E-state index contributed by atoms with van der Waals surface area (Å²) in [4.78, 5) is 35.1. The number of hydrogen-bond acceptors (Lipinski definition) is 9. The van der Waals surface area contributed by atoms with E-state index in [0.717, 1.165) is 16.8 Å². The number of pyridine rings is 1. The highest BCUT2D eigenvalue weighted by atomic mass is 32.2. The number of carbonyl (C=O) groups excluding carboxylic acids is 2. The lowest BCUT2D eigenvalue weighted by atomic mass is 9.92. The second-order valence-corrected chi connectivity index (χ2v) is 11.5. The van der Waals surface area contributed by atoms with E-state index in [-0.39, 0.29) is 42.2 Å². The molecule has 0 atom stereocenters. The number of aryl methyl sites for hydroxylation is 2. The Morgan fingerprint density at radius 3 is 2.42 bits per heavy atom. The zero-order chi connectivity index (χ0) is 26.1. The molecule has 0 aromatic carbocycles. The fourth-order valence-corrected chi connectivity index (χ4v) is 6.19. The van der Waals surface area contributed by atoms with Crippen LogP contribution in [0.25, 0.3) is 16.7 Å². The van der Waals surface area contributed by atoms with Crippen LogP contribution in [0.5, 0.6) is 0 Å². The lowest BCUT2D eigenvalue weighted by Crippen LogP contribution is -2.40. The van der Waals surface area contributed by atoms with Gasteiger partial charge in [-0.2, -0.15) is 5.10 Å². The van der Waals surface area contributed by atoms with Crippen molar-refractivity contribution in [3.8, 4) is 0 Å². The predicted octanol–water partition coefficient (Wildman–Crippen LogP) is 0.635. The zero-order valence-electron chi connectivity index (χ0n) is 21.0. The summed E-state index contributed by atoms with van der Waals surface area (Å²) in [6.07, 6.45) is 4.32. The van der Waals surface area contributed by atoms with Crippen LogP contribution in [0.3, 0.4) is 0 Å². The number of amides is 2. The first-order valence-corrected chi connectivity index (χ1v) is 13.8. The molecule has 4 rings (SSSR count). The van der Waals surface area contributed by atoms with Gasteiger partial charge in [0.05, 0.1) is 46.8 Å². The summed E-state index contributed by atoms with van der Waals surface area (Å²) in [5.41, 5.74) is 5.24. The first kappa shape index (κ1) is 25.9. The number of hydroxylamine groups is 1. The van der Waals surface area contributed by atoms with Crippen LogP contribution in [-0.2, 0) is 30.8 Å². The highest BCUT2D eigenvalue weighted by molar-refractivity contribution is 7.91. The minimum Gasteiger partial charge on any atom is -0.381 e. The lowest BCUT2D eigenvalue weighted by Gasteiger charge is -2.26. The molecule has 2 amide bonds. The Morgan fingerprint density at radius 2 is 1.83 bits per heavy atom. The molecule has 36 heavy (non-hydrogen) atoms. The molecule has 4 N–H and O–H groups in total. The standard InChI is InChI=1S/C23H33N7O5S/c1-5-30-22-20(14(2)28-30)21(27-15-6-8-36(33,34)9-7-15)16(13-26-22)17-10-23(35-29-17,11-18(31)24-3)12-19(32)25-4/h10,13,15,29H,5-9,11-12H2,1-4H3,(H,24,31)(H,25,32)(H,26,27). The highest BCUT2D eigenvalue weighted by Gasteiger charge is 2.40. The fourth-order valence-electron chi connectivity index (χ4n) is 4.70. The van der Waals surface area contributed by atoms with Crippen LogP contribution in [0, 0.1) is 6.92 Å². The molecule has 1 fully saturated rings. The molecule has 2 aromatic heterocycles. The number of fused-ring (bicyclic) bond motifs is 1. The summed E-state index contributed by atoms with van der Waals surface area (Å²) >= 11 is 0. The second-order valence-electron chi connectivity index (χ2n) is 9.24. The van der Waals surface area contributed by atoms with Gasteiger partial charge < -0.3 is 16.0 Å². The maximum atomic E-state index is 12.3. The van der Waals surface area contributed by atoms with Crippen molar-refractivity contribution in [1.29, 1.82) is 0 Å². The van der Waals surface area contributed by atoms with E-state index in [0.29, 0.717) is 36.3 Å². The van der Waals surface area contributed by atoms with E-state index < -0.39 is 15.4 Å². The topological polar surface area (TPSA) is 156 Å². The molecule has 12 nitrogen and oxygen atoms in total. The van der Waals surface area contributed by atoms with Gasteiger partial charge in [-0.05, 0) is 32.8 Å². The second kappa shape index (κ2) is 10.1. The molecule has 4 heterocycles. The van der Waals surface area contributed by atoms with Crippen LogP contribution in [0.2, 0.25) is 0 Å². The van der Waals surface area contributed by atoms with Crippen LogP contribution < -0.4 is 21.4 Å². The number of nitrogens with one attached hydrogen (secondary N) is 4. The molecular formula is C23H33N7O5S. The summed E-state index contributed by atoms with van der Waals surface area (Å²) < 4.78 is 25.8. The zero-order valence-corrected chi connectivity index (χ0v) is 21.8. The molecule has 196 valence electrons. The van der Waals surface area contributed by atoms with Crippen LogP contribution in [0.4, 0.5) is 5.69 Å². The summed E-state index contributed by atoms with van der Waals surface area (Å²) in [7, 11) is 0.0421. The van der Waals surface area contributed by atoms with E-state index in [2.05, 4.69) is 31.5 Å². The van der Waals surface area contributed by atoms with Crippen molar-refractivity contribution in [2.24, 2.45) is 0 Å². The van der Waals surface area contributed by atoms with Gasteiger partial charge in [-0.25, -0.2) is 18.1 Å². The van der Waals surface area contributed by atoms with Crippen molar-refractivity contribution in [3.63, 3.8) is 0 Å². The third-order valence-electron chi connectivity index (χ3n) is 6.68. The molecule has 2 aliphatic rings. The molecular weight excluding hydrogens is 486 g/mol. The first-order valence-electron chi connectivity index (χ1n) is 12.0. The van der Waals surface area contributed by atoms with E-state index in [1.807, 2.05) is 18.5 Å². The maximum Gasteiger partial charge on any atom is 0.223 e. The quantitative estimate of drug-likeness (QED) is 0.393. The summed E-state index contributed by atoms with van der Waals surface area (Å²) in [6, 6.07) is -0.0494. The van der Waals surface area contributed by atoms with Gasteiger partial charge in [-0.15, -0.1) is 0 Å². The largest absolute Gasteiger partial charge is 0.381 e. The molecule has 13 heteroatoms. The fraction of sp³-hybridized carbons (Fsp3) is 0.565. The number of nitrogens with zero attached hydrogens (tertiary/aromatic N) is 3. The molecule has 0 radical (unpaired) electrons. The summed E-state index contributed by atoms with van der Waals surface area (Å²) in [5.74, 6) is -0.276. The summed E-state index contributed by atoms with van der Waals surface area (Å²) in [6.45, 7) is 4.54. The van der Waals surface area contributed by atoms with Gasteiger partial charge in [-0.1, -0.05) is 0 Å². The number of anilines is 1. The molecule has 2 aliphatic heterocycles. The van der Waals surface area contributed by atoms with Gasteiger partial charge >= 0.3 is 0 Å². The van der Waals surface area contributed by atoms with Crippen LogP contribution in [0.1, 0.15) is 43.9 Å². The van der Waals surface area contributed by atoms with E-state index in [1.165, 1.54) is 14.1 Å². The minimum atomic E-state index is -3.02. The van der Waals surface area contributed by atoms with E-state index in [4.69, 9.17) is 4.84 Å². The third kappa shape index (κ3) is 5.16. The molecule has 2 aromatic rings. The number of sulfone groups is 1. The number of hydrogen-bond donors (Lipinski definition) is 4. The van der Waals surface area contributed by atoms with Crippen LogP contribution in [-0.4, -0.2) is 72.2 Å². The van der Waals surface area contributed by atoms with Gasteiger partial charge in [0.25, 0.3) is 0 Å². The number of rotatable bonds is 8. The number of aromatic nitrogens is 3. The maximum absolute atomic E-state index is 12.3. The molecule has 0 saturated carbocycles. The monoisotopic (exact) mass is 519 g/mol. The van der Waals surface area contributed by atoms with E-state index in [9.17, 15) is 18.0 Å². The Hall–Kier alpha value is -3.19. The van der Waals surface area contributed by atoms with E-state index in [1.54, 1.807) is 12.3 Å². The smallest absolute Gasteiger partial charge is 0.223 e. The number of carbonyl (C=O) groups is 2. The van der Waals surface area contributed by atoms with Crippen molar-refractivity contribution in [2.75, 3.05) is 30.9 Å². The third-order valence-corrected chi connectivity index (χ3v) is 8.39. The van der Waals surface area contributed by atoms with Crippen LogP contribution in [0.15, 0.2) is 12.3 Å². The Bertz CT molecular complexity index is 1290. The van der Waals surface area contributed by atoms with Gasteiger partial charge in [0, 0.05) is 38.4 Å². The van der Waals surface area contributed by atoms with Crippen molar-refractivity contribution in [1.82, 2.24) is 30.9 Å². The van der Waals surface area contributed by atoms with Gasteiger partial charge in [0.15, 0.2) is 5.65 Å². The Kier molecular flexibility index (Phi) is 7.23. The molecule has 0 bridgehead atoms. The summed E-state index contributed by atoms with van der Waals surface area (Å²) in [5, 5.41) is 14.2. The van der Waals surface area contributed by atoms with Crippen molar-refractivity contribution < 1.29 is 22.8 Å². The van der Waals surface area contributed by atoms with Crippen molar-refractivity contribution >= 4 is 44.1 Å². The normalized spacial score (nSPS) is 18.9. The Morgan fingerprint density at radius 1 is 1.19 bits per heavy atom. The van der Waals surface area contributed by atoms with Gasteiger partial charge in [0.1, 0.15) is 15.4 Å². The average Bonchev–Trinajstić information content (AvgIpc) is 3.41. The Balaban J connectivity index is 1.79. The molecule has 0 aliphatic carbocycles. The van der Waals surface area contributed by atoms with Crippen molar-refractivity contribution in [3.05, 3.63) is 23.5 Å². The SMILES string of the molecule is CCn1nc(C)c2c(NC3CCS(=O)(=O)CC3)c(C3=CC(CC(=O)NC)(CC(=O)NC)ON3)cnc21. The highest BCUT2D eigenvalue weighted by Crippen LogP contribution is 2.38. The molecule has 0 spiro atoms. The lowest BCUT2D eigenvalue weighted by molar-refractivity contribution is -0.133. The first-order chi connectivity index (χ1) is 17.1. The van der Waals surface area contributed by atoms with Crippen LogP contribution >= 0.6 is 0 Å². The molecule has 1 saturated heterocycles. The van der Waals surface area contributed by atoms with E-state index >= 15 is 0 Å². The van der Waals surface area contributed by atoms with Crippen molar-refractivity contribution in [2.45, 2.75) is 57.7 Å². The van der Waals surface area contributed by atoms with Gasteiger partial charge in [0.2, 0.25) is 11.8 Å². The Labute approximate surface area is 210 Å². The molecule has 0 unspecified atom stereocenters.